The fourth-order valence-corrected chi connectivity index (χ4v) is 3.27. The van der Waals surface area contributed by atoms with Crippen LogP contribution in [0.2, 0.25) is 0 Å². The lowest BCUT2D eigenvalue weighted by Crippen LogP contribution is -2.14. The predicted octanol–water partition coefficient (Wildman–Crippen LogP) is 3.27. The standard InChI is InChI=1S/C16H23N3O2S/c1-19-12(10-18-16(19)22-2)9-17-11-13-6-7-15(21-13)14-5-3-4-8-20-14/h6-7,10,14,17H,3-5,8-9,11H2,1-2H3. The Hall–Kier alpha value is -1.24. The van der Waals surface area contributed by atoms with Crippen molar-refractivity contribution in [3.8, 4) is 0 Å². The zero-order chi connectivity index (χ0) is 15.4. The third-order valence-corrected chi connectivity index (χ3v) is 4.75. The lowest BCUT2D eigenvalue weighted by Gasteiger charge is -2.20. The van der Waals surface area contributed by atoms with Gasteiger partial charge in [-0.2, -0.15) is 0 Å². The summed E-state index contributed by atoms with van der Waals surface area (Å²) in [6.07, 6.45) is 7.54. The molecule has 2 aromatic heterocycles. The van der Waals surface area contributed by atoms with Crippen molar-refractivity contribution in [1.82, 2.24) is 14.9 Å². The average Bonchev–Trinajstić information content (AvgIpc) is 3.16. The van der Waals surface area contributed by atoms with E-state index in [4.69, 9.17) is 9.15 Å². The minimum absolute atomic E-state index is 0.142. The highest BCUT2D eigenvalue weighted by Gasteiger charge is 2.19. The predicted molar refractivity (Wildman–Crippen MR) is 86.8 cm³/mol. The van der Waals surface area contributed by atoms with E-state index < -0.39 is 0 Å². The van der Waals surface area contributed by atoms with E-state index in [0.29, 0.717) is 6.54 Å². The van der Waals surface area contributed by atoms with E-state index in [1.54, 1.807) is 11.8 Å². The maximum Gasteiger partial charge on any atom is 0.167 e. The topological polar surface area (TPSA) is 52.2 Å². The molecule has 0 bridgehead atoms. The van der Waals surface area contributed by atoms with Crippen LogP contribution in [0, 0.1) is 0 Å². The summed E-state index contributed by atoms with van der Waals surface area (Å²) in [5, 5.41) is 4.44. The summed E-state index contributed by atoms with van der Waals surface area (Å²) in [5.41, 5.74) is 1.17. The van der Waals surface area contributed by atoms with Crippen molar-refractivity contribution in [3.05, 3.63) is 35.5 Å². The van der Waals surface area contributed by atoms with Gasteiger partial charge < -0.3 is 19.0 Å². The zero-order valence-electron chi connectivity index (χ0n) is 13.2. The third kappa shape index (κ3) is 3.56. The van der Waals surface area contributed by atoms with Crippen LogP contribution in [-0.2, 0) is 24.9 Å². The second kappa shape index (κ2) is 7.35. The Kier molecular flexibility index (Phi) is 5.23. The van der Waals surface area contributed by atoms with Gasteiger partial charge in [0.15, 0.2) is 5.16 Å². The number of hydrogen-bond acceptors (Lipinski definition) is 5. The highest BCUT2D eigenvalue weighted by atomic mass is 32.2. The molecular weight excluding hydrogens is 298 g/mol. The monoisotopic (exact) mass is 321 g/mol. The van der Waals surface area contributed by atoms with Gasteiger partial charge in [0.25, 0.3) is 0 Å². The number of nitrogens with zero attached hydrogens (tertiary/aromatic N) is 2. The molecule has 3 rings (SSSR count). The van der Waals surface area contributed by atoms with Crippen molar-refractivity contribution in [3.63, 3.8) is 0 Å². The van der Waals surface area contributed by atoms with E-state index in [9.17, 15) is 0 Å². The zero-order valence-corrected chi connectivity index (χ0v) is 14.0. The summed E-state index contributed by atoms with van der Waals surface area (Å²) >= 11 is 1.66. The van der Waals surface area contributed by atoms with Gasteiger partial charge in [0.2, 0.25) is 0 Å². The molecular formula is C16H23N3O2S. The second-order valence-corrected chi connectivity index (χ2v) is 6.33. The first-order chi connectivity index (χ1) is 10.8. The Bertz CT molecular complexity index is 602. The first kappa shape index (κ1) is 15.6. The van der Waals surface area contributed by atoms with E-state index in [-0.39, 0.29) is 6.10 Å². The minimum atomic E-state index is 0.142. The summed E-state index contributed by atoms with van der Waals surface area (Å²) < 4.78 is 13.8. The van der Waals surface area contributed by atoms with E-state index >= 15 is 0 Å². The van der Waals surface area contributed by atoms with Crippen LogP contribution in [0.1, 0.15) is 42.6 Å². The van der Waals surface area contributed by atoms with Crippen LogP contribution in [0.4, 0.5) is 0 Å². The summed E-state index contributed by atoms with van der Waals surface area (Å²) in [5.74, 6) is 1.91. The van der Waals surface area contributed by atoms with Crippen LogP contribution in [0.25, 0.3) is 0 Å². The molecule has 0 aliphatic carbocycles. The molecule has 22 heavy (non-hydrogen) atoms. The van der Waals surface area contributed by atoms with Crippen molar-refractivity contribution in [2.24, 2.45) is 7.05 Å². The molecule has 0 spiro atoms. The molecule has 1 N–H and O–H groups in total. The average molecular weight is 321 g/mol. The molecule has 0 aromatic carbocycles. The first-order valence-corrected chi connectivity index (χ1v) is 8.96. The first-order valence-electron chi connectivity index (χ1n) is 7.73. The van der Waals surface area contributed by atoms with Crippen LogP contribution < -0.4 is 5.32 Å². The molecule has 1 saturated heterocycles. The molecule has 3 heterocycles. The lowest BCUT2D eigenvalue weighted by atomic mass is 10.1. The fraction of sp³-hybridized carbons (Fsp3) is 0.562. The Morgan fingerprint density at radius 2 is 2.27 bits per heavy atom. The fourth-order valence-electron chi connectivity index (χ4n) is 2.72. The summed E-state index contributed by atoms with van der Waals surface area (Å²) in [4.78, 5) is 4.37. The van der Waals surface area contributed by atoms with Crippen LogP contribution in [0.3, 0.4) is 0 Å². The normalized spacial score (nSPS) is 18.7. The maximum atomic E-state index is 5.90. The Morgan fingerprint density at radius 1 is 1.36 bits per heavy atom. The number of ether oxygens (including phenoxy) is 1. The van der Waals surface area contributed by atoms with Crippen LogP contribution in [0.5, 0.6) is 0 Å². The molecule has 0 amide bonds. The van der Waals surface area contributed by atoms with E-state index in [2.05, 4.69) is 14.9 Å². The van der Waals surface area contributed by atoms with Crippen molar-refractivity contribution in [2.75, 3.05) is 12.9 Å². The number of imidazole rings is 1. The van der Waals surface area contributed by atoms with Crippen molar-refractivity contribution in [1.29, 1.82) is 0 Å². The molecule has 0 radical (unpaired) electrons. The molecule has 2 aromatic rings. The van der Waals surface area contributed by atoms with Gasteiger partial charge >= 0.3 is 0 Å². The summed E-state index contributed by atoms with van der Waals surface area (Å²) in [6, 6.07) is 4.08. The van der Waals surface area contributed by atoms with Gasteiger partial charge in [-0.3, -0.25) is 0 Å². The lowest BCUT2D eigenvalue weighted by molar-refractivity contribution is 0.00122. The van der Waals surface area contributed by atoms with E-state index in [1.165, 1.54) is 12.1 Å². The van der Waals surface area contributed by atoms with Crippen LogP contribution >= 0.6 is 11.8 Å². The molecule has 1 unspecified atom stereocenters. The second-order valence-electron chi connectivity index (χ2n) is 5.56. The van der Waals surface area contributed by atoms with Gasteiger partial charge in [0, 0.05) is 20.2 Å². The molecule has 1 fully saturated rings. The molecule has 1 atom stereocenters. The molecule has 1 aliphatic heterocycles. The van der Waals surface area contributed by atoms with Gasteiger partial charge in [-0.15, -0.1) is 0 Å². The molecule has 5 nitrogen and oxygen atoms in total. The van der Waals surface area contributed by atoms with E-state index in [1.807, 2.05) is 31.6 Å². The van der Waals surface area contributed by atoms with Gasteiger partial charge in [-0.05, 0) is 37.7 Å². The van der Waals surface area contributed by atoms with Crippen LogP contribution in [-0.4, -0.2) is 22.4 Å². The number of rotatable bonds is 6. The summed E-state index contributed by atoms with van der Waals surface area (Å²) in [7, 11) is 2.04. The van der Waals surface area contributed by atoms with Gasteiger partial charge in [0.05, 0.1) is 18.4 Å². The Balaban J connectivity index is 1.51. The Morgan fingerprint density at radius 3 is 3.00 bits per heavy atom. The number of hydrogen-bond donors (Lipinski definition) is 1. The Labute approximate surface area is 135 Å². The largest absolute Gasteiger partial charge is 0.462 e. The number of thioether (sulfide) groups is 1. The minimum Gasteiger partial charge on any atom is -0.462 e. The van der Waals surface area contributed by atoms with Crippen LogP contribution in [0.15, 0.2) is 27.9 Å². The quantitative estimate of drug-likeness (QED) is 0.828. The van der Waals surface area contributed by atoms with Crippen molar-refractivity contribution >= 4 is 11.8 Å². The van der Waals surface area contributed by atoms with Crippen molar-refractivity contribution in [2.45, 2.75) is 43.6 Å². The number of nitrogens with one attached hydrogen (secondary N) is 1. The third-order valence-electron chi connectivity index (χ3n) is 4.01. The van der Waals surface area contributed by atoms with Gasteiger partial charge in [-0.25, -0.2) is 4.98 Å². The number of furan rings is 1. The SMILES string of the molecule is CSc1ncc(CNCc2ccc(C3CCCCO3)o2)n1C. The molecule has 120 valence electrons. The highest BCUT2D eigenvalue weighted by Crippen LogP contribution is 2.29. The van der Waals surface area contributed by atoms with Gasteiger partial charge in [0.1, 0.15) is 17.6 Å². The smallest absolute Gasteiger partial charge is 0.167 e. The molecule has 6 heteroatoms. The van der Waals surface area contributed by atoms with Gasteiger partial charge in [-0.1, -0.05) is 11.8 Å². The van der Waals surface area contributed by atoms with Crippen molar-refractivity contribution < 1.29 is 9.15 Å². The van der Waals surface area contributed by atoms with E-state index in [0.717, 1.165) is 42.7 Å². The highest BCUT2D eigenvalue weighted by molar-refractivity contribution is 7.98. The molecule has 0 saturated carbocycles. The number of aromatic nitrogens is 2. The molecule has 1 aliphatic rings. The summed E-state index contributed by atoms with van der Waals surface area (Å²) in [6.45, 7) is 2.34. The maximum absolute atomic E-state index is 5.90.